The highest BCUT2D eigenvalue weighted by molar-refractivity contribution is 7.10. The lowest BCUT2D eigenvalue weighted by Gasteiger charge is -2.51. The Kier molecular flexibility index (Phi) is 6.42. The fourth-order valence-electron chi connectivity index (χ4n) is 5.18. The zero-order valence-corrected chi connectivity index (χ0v) is 18.5. The first-order valence-electron chi connectivity index (χ1n) is 10.0. The van der Waals surface area contributed by atoms with E-state index in [0.29, 0.717) is 22.8 Å². The van der Waals surface area contributed by atoms with Crippen molar-refractivity contribution in [2.75, 3.05) is 26.2 Å². The molecule has 4 nitrogen and oxygen atoms in total. The number of esters is 1. The summed E-state index contributed by atoms with van der Waals surface area (Å²) < 4.78 is 33.8. The van der Waals surface area contributed by atoms with Crippen LogP contribution in [0.15, 0.2) is 5.38 Å². The van der Waals surface area contributed by atoms with Gasteiger partial charge in [0.15, 0.2) is 6.10 Å². The van der Waals surface area contributed by atoms with Gasteiger partial charge >= 0.3 is 5.97 Å². The monoisotopic (exact) mass is 479 g/mol. The van der Waals surface area contributed by atoms with E-state index in [1.807, 2.05) is 0 Å². The Hall–Kier alpha value is -0.730. The Morgan fingerprint density at radius 2 is 2.07 bits per heavy atom. The second kappa shape index (κ2) is 8.19. The largest absolute Gasteiger partial charge is 1.00 e. The molecule has 1 N–H and O–H groups in total. The van der Waals surface area contributed by atoms with Crippen molar-refractivity contribution in [2.24, 2.45) is 5.92 Å². The van der Waals surface area contributed by atoms with Gasteiger partial charge in [-0.05, 0) is 24.6 Å². The second-order valence-electron chi connectivity index (χ2n) is 8.59. The molecule has 3 aliphatic heterocycles. The van der Waals surface area contributed by atoms with Crippen LogP contribution in [0.1, 0.15) is 55.4 Å². The number of alkyl halides is 2. The van der Waals surface area contributed by atoms with Gasteiger partial charge < -0.3 is 31.3 Å². The van der Waals surface area contributed by atoms with Gasteiger partial charge in [-0.3, -0.25) is 4.79 Å². The highest BCUT2D eigenvalue weighted by atomic mass is 79.9. The van der Waals surface area contributed by atoms with Crippen LogP contribution in [-0.4, -0.2) is 53.8 Å². The SMILES string of the molecule is CC[N+]12CCC(CC1)[C@@H](OC(=O)Cc1scc(C3CCC(F)(F)C3)c1O)C2.[Br-]. The van der Waals surface area contributed by atoms with Crippen molar-refractivity contribution in [3.05, 3.63) is 15.8 Å². The second-order valence-corrected chi connectivity index (χ2v) is 9.55. The van der Waals surface area contributed by atoms with Crippen molar-refractivity contribution in [1.82, 2.24) is 0 Å². The number of fused-ring (bicyclic) bond motifs is 3. The normalized spacial score (nSPS) is 33.5. The molecule has 2 atom stereocenters. The molecule has 4 fully saturated rings. The van der Waals surface area contributed by atoms with E-state index in [1.54, 1.807) is 5.38 Å². The maximum Gasteiger partial charge on any atom is 0.311 e. The van der Waals surface area contributed by atoms with Gasteiger partial charge in [0.25, 0.3) is 0 Å². The summed E-state index contributed by atoms with van der Waals surface area (Å²) in [5.74, 6) is -2.81. The molecule has 28 heavy (non-hydrogen) atoms. The Balaban J connectivity index is 0.00000225. The number of quaternary nitrogens is 1. The molecule has 1 aromatic heterocycles. The van der Waals surface area contributed by atoms with Crippen molar-refractivity contribution < 1.29 is 44.9 Å². The van der Waals surface area contributed by atoms with Gasteiger partial charge in [0, 0.05) is 37.2 Å². The minimum absolute atomic E-state index is 0. The smallest absolute Gasteiger partial charge is 0.311 e. The first-order valence-corrected chi connectivity index (χ1v) is 10.9. The molecule has 1 aromatic rings. The van der Waals surface area contributed by atoms with Gasteiger partial charge in [-0.25, -0.2) is 8.78 Å². The van der Waals surface area contributed by atoms with Crippen LogP contribution in [0.3, 0.4) is 0 Å². The zero-order valence-electron chi connectivity index (χ0n) is 16.1. The molecule has 8 heteroatoms. The van der Waals surface area contributed by atoms with Crippen molar-refractivity contribution in [3.63, 3.8) is 0 Å². The molecule has 1 aliphatic carbocycles. The van der Waals surface area contributed by atoms with Crippen LogP contribution in [-0.2, 0) is 16.0 Å². The van der Waals surface area contributed by atoms with Crippen molar-refractivity contribution in [1.29, 1.82) is 0 Å². The van der Waals surface area contributed by atoms with Crippen LogP contribution in [0.25, 0.3) is 0 Å². The minimum Gasteiger partial charge on any atom is -1.00 e. The number of carbonyl (C=O) groups is 1. The number of hydrogen-bond donors (Lipinski definition) is 1. The molecule has 1 unspecified atom stereocenters. The fourth-order valence-corrected chi connectivity index (χ4v) is 6.18. The number of aromatic hydroxyl groups is 1. The highest BCUT2D eigenvalue weighted by Gasteiger charge is 2.47. The summed E-state index contributed by atoms with van der Waals surface area (Å²) in [6.07, 6.45) is 2.23. The number of thiophene rings is 1. The van der Waals surface area contributed by atoms with Crippen molar-refractivity contribution in [2.45, 2.75) is 63.4 Å². The highest BCUT2D eigenvalue weighted by Crippen LogP contribution is 2.48. The molecule has 1 saturated carbocycles. The van der Waals surface area contributed by atoms with Crippen molar-refractivity contribution in [3.8, 4) is 5.75 Å². The van der Waals surface area contributed by atoms with E-state index in [9.17, 15) is 18.7 Å². The Morgan fingerprint density at radius 1 is 1.36 bits per heavy atom. The quantitative estimate of drug-likeness (QED) is 0.507. The number of piperidine rings is 3. The maximum atomic E-state index is 13.5. The summed E-state index contributed by atoms with van der Waals surface area (Å²) >= 11 is 1.27. The lowest BCUT2D eigenvalue weighted by molar-refractivity contribution is -0.944. The Labute approximate surface area is 179 Å². The third-order valence-corrected chi connectivity index (χ3v) is 8.00. The lowest BCUT2D eigenvalue weighted by atomic mass is 9.83. The van der Waals surface area contributed by atoms with E-state index in [1.165, 1.54) is 24.4 Å². The summed E-state index contributed by atoms with van der Waals surface area (Å²) in [5.41, 5.74) is 0.568. The standard InChI is InChI=1S/C20H27F2NO3S.BrH/c1-2-23-7-4-13(5-8-23)16(11-23)26-18(24)9-17-19(25)15(12-27-17)14-3-6-20(21,22)10-14;/h12-14,16H,2-11H2,1H3;1H/t13?,14?,16-,23?;/m0./s1. The Bertz CT molecular complexity index is 718. The maximum absolute atomic E-state index is 13.5. The van der Waals surface area contributed by atoms with Gasteiger partial charge in [-0.1, -0.05) is 0 Å². The molecule has 0 spiro atoms. The van der Waals surface area contributed by atoms with Crippen LogP contribution >= 0.6 is 11.3 Å². The van der Waals surface area contributed by atoms with Gasteiger partial charge in [0.05, 0.1) is 30.9 Å². The molecule has 3 saturated heterocycles. The predicted molar refractivity (Wildman–Crippen MR) is 99.2 cm³/mol. The average molecular weight is 480 g/mol. The van der Waals surface area contributed by atoms with E-state index in [0.717, 1.165) is 30.4 Å². The van der Waals surface area contributed by atoms with E-state index in [2.05, 4.69) is 6.92 Å². The number of rotatable bonds is 5. The average Bonchev–Trinajstić information content (AvgIpc) is 3.18. The molecule has 0 amide bonds. The number of carbonyl (C=O) groups excluding carboxylic acids is 1. The fraction of sp³-hybridized carbons (Fsp3) is 0.750. The van der Waals surface area contributed by atoms with Crippen LogP contribution in [0.2, 0.25) is 0 Å². The molecule has 158 valence electrons. The summed E-state index contributed by atoms with van der Waals surface area (Å²) in [5, 5.41) is 12.2. The molecule has 0 radical (unpaired) electrons. The summed E-state index contributed by atoms with van der Waals surface area (Å²) in [6, 6.07) is 0. The van der Waals surface area contributed by atoms with E-state index in [-0.39, 0.29) is 60.0 Å². The molecule has 4 aliphatic rings. The van der Waals surface area contributed by atoms with E-state index >= 15 is 0 Å². The van der Waals surface area contributed by atoms with Crippen LogP contribution < -0.4 is 17.0 Å². The minimum atomic E-state index is -2.65. The molecule has 0 aromatic carbocycles. The van der Waals surface area contributed by atoms with Gasteiger partial charge in [-0.2, -0.15) is 0 Å². The molecule has 2 bridgehead atoms. The molecular weight excluding hydrogens is 452 g/mol. The third kappa shape index (κ3) is 4.24. The third-order valence-electron chi connectivity index (χ3n) is 7.01. The number of nitrogens with zero attached hydrogens (tertiary/aromatic N) is 1. The molecule has 4 heterocycles. The predicted octanol–water partition coefficient (Wildman–Crippen LogP) is 1.08. The van der Waals surface area contributed by atoms with E-state index < -0.39 is 5.92 Å². The van der Waals surface area contributed by atoms with Crippen LogP contribution in [0, 0.1) is 5.92 Å². The van der Waals surface area contributed by atoms with Gasteiger partial charge in [0.2, 0.25) is 5.92 Å². The number of ether oxygens (including phenoxy) is 1. The number of hydrogen-bond acceptors (Lipinski definition) is 4. The van der Waals surface area contributed by atoms with Crippen LogP contribution in [0.5, 0.6) is 5.75 Å². The summed E-state index contributed by atoms with van der Waals surface area (Å²) in [7, 11) is 0. The van der Waals surface area contributed by atoms with Gasteiger partial charge in [-0.15, -0.1) is 11.3 Å². The lowest BCUT2D eigenvalue weighted by Crippen LogP contribution is -3.00. The first-order chi connectivity index (χ1) is 12.8. The van der Waals surface area contributed by atoms with Gasteiger partial charge in [0.1, 0.15) is 12.3 Å². The van der Waals surface area contributed by atoms with Crippen molar-refractivity contribution >= 4 is 17.3 Å². The molecular formula is C20H28BrF2NO3S. The first kappa shape index (κ1) is 22.0. The van der Waals surface area contributed by atoms with E-state index in [4.69, 9.17) is 4.74 Å². The number of halogens is 3. The molecule has 5 rings (SSSR count). The summed E-state index contributed by atoms with van der Waals surface area (Å²) in [6.45, 7) is 6.52. The van der Waals surface area contributed by atoms with Crippen LogP contribution in [0.4, 0.5) is 8.78 Å². The topological polar surface area (TPSA) is 46.5 Å². The Morgan fingerprint density at radius 3 is 2.68 bits per heavy atom. The number of likely N-dealkylation sites (N-methyl/N-ethyl adjacent to an activating group) is 1. The summed E-state index contributed by atoms with van der Waals surface area (Å²) in [4.78, 5) is 13.0. The zero-order chi connectivity index (χ0) is 19.2.